The van der Waals surface area contributed by atoms with E-state index in [4.69, 9.17) is 4.74 Å². The Hall–Kier alpha value is -3.09. The average molecular weight is 521 g/mol. The molecule has 1 aromatic carbocycles. The maximum atomic E-state index is 12.6. The van der Waals surface area contributed by atoms with Crippen LogP contribution in [0.4, 0.5) is 16.3 Å². The first-order chi connectivity index (χ1) is 18.3. The monoisotopic (exact) mass is 520 g/mol. The number of carbonyl (C=O) groups is 2. The highest BCUT2D eigenvalue weighted by Crippen LogP contribution is 2.32. The lowest BCUT2D eigenvalue weighted by Crippen LogP contribution is -2.36. The smallest absolute Gasteiger partial charge is 0.407 e. The Labute approximate surface area is 227 Å². The van der Waals surface area contributed by atoms with Crippen molar-refractivity contribution in [3.8, 4) is 0 Å². The third kappa shape index (κ3) is 8.47. The number of carbonyl (C=O) groups excluding carboxylic acids is 2. The molecule has 1 unspecified atom stereocenters. The fourth-order valence-corrected chi connectivity index (χ4v) is 5.43. The van der Waals surface area contributed by atoms with Gasteiger partial charge in [0.05, 0.1) is 11.9 Å². The van der Waals surface area contributed by atoms with Crippen LogP contribution in [0.2, 0.25) is 0 Å². The number of ether oxygens (including phenoxy) is 1. The number of ketones is 1. The minimum Gasteiger partial charge on any atom is -0.444 e. The number of benzene rings is 1. The van der Waals surface area contributed by atoms with Crippen LogP contribution in [0.25, 0.3) is 0 Å². The highest BCUT2D eigenvalue weighted by molar-refractivity contribution is 5.96. The molecule has 0 bridgehead atoms. The molecule has 1 aliphatic heterocycles. The predicted molar refractivity (Wildman–Crippen MR) is 153 cm³/mol. The Kier molecular flexibility index (Phi) is 9.64. The molecule has 7 nitrogen and oxygen atoms in total. The van der Waals surface area contributed by atoms with Crippen LogP contribution in [-0.2, 0) is 4.74 Å². The number of nitrogens with zero attached hydrogens (tertiary/aromatic N) is 2. The van der Waals surface area contributed by atoms with Crippen LogP contribution in [0.5, 0.6) is 0 Å². The summed E-state index contributed by atoms with van der Waals surface area (Å²) >= 11 is 0. The van der Waals surface area contributed by atoms with E-state index in [0.29, 0.717) is 24.8 Å². The van der Waals surface area contributed by atoms with Crippen LogP contribution in [0, 0.1) is 5.92 Å². The highest BCUT2D eigenvalue weighted by atomic mass is 16.6. The van der Waals surface area contributed by atoms with Gasteiger partial charge in [0.25, 0.3) is 0 Å². The zero-order valence-corrected chi connectivity index (χ0v) is 23.3. The first kappa shape index (κ1) is 27.9. The molecule has 2 N–H and O–H groups in total. The summed E-state index contributed by atoms with van der Waals surface area (Å²) < 4.78 is 5.32. The molecule has 1 aromatic heterocycles. The molecule has 0 spiro atoms. The van der Waals surface area contributed by atoms with Crippen molar-refractivity contribution in [2.75, 3.05) is 36.4 Å². The maximum absolute atomic E-state index is 12.6. The second kappa shape index (κ2) is 13.1. The molecule has 4 rings (SSSR count). The number of hydrogen-bond acceptors (Lipinski definition) is 6. The predicted octanol–water partition coefficient (Wildman–Crippen LogP) is 6.56. The number of rotatable bonds is 10. The van der Waals surface area contributed by atoms with E-state index in [9.17, 15) is 9.59 Å². The van der Waals surface area contributed by atoms with Gasteiger partial charge < -0.3 is 20.3 Å². The van der Waals surface area contributed by atoms with Crippen molar-refractivity contribution in [3.63, 3.8) is 0 Å². The van der Waals surface area contributed by atoms with Gasteiger partial charge in [-0.25, -0.2) is 9.78 Å². The maximum Gasteiger partial charge on any atom is 0.407 e. The largest absolute Gasteiger partial charge is 0.444 e. The normalized spacial score (nSPS) is 18.3. The number of amides is 1. The number of anilines is 2. The van der Waals surface area contributed by atoms with Gasteiger partial charge in [-0.05, 0) is 76.0 Å². The molecule has 2 fully saturated rings. The van der Waals surface area contributed by atoms with E-state index in [0.717, 1.165) is 49.5 Å². The summed E-state index contributed by atoms with van der Waals surface area (Å²) in [5.41, 5.74) is 2.68. The van der Waals surface area contributed by atoms with Gasteiger partial charge in [-0.15, -0.1) is 0 Å². The molecule has 38 heavy (non-hydrogen) atoms. The number of aromatic nitrogens is 1. The summed E-state index contributed by atoms with van der Waals surface area (Å²) in [6.45, 7) is 8.71. The van der Waals surface area contributed by atoms with Crippen molar-refractivity contribution in [1.29, 1.82) is 0 Å². The van der Waals surface area contributed by atoms with Crippen LogP contribution in [-0.4, -0.2) is 48.6 Å². The molecule has 1 atom stereocenters. The lowest BCUT2D eigenvalue weighted by Gasteiger charge is -2.22. The lowest BCUT2D eigenvalue weighted by molar-refractivity contribution is 0.0520. The SMILES string of the molecule is CC(C)(C)OC(=O)NCC1CCN(c2ccc(NCCCC(=O)c3ccc(C4CCCCC4)cc3)cn2)C1. The zero-order chi connectivity index (χ0) is 27.0. The highest BCUT2D eigenvalue weighted by Gasteiger charge is 2.25. The number of Topliss-reactive ketones (excluding diaryl/α,β-unsaturated/α-hetero) is 1. The van der Waals surface area contributed by atoms with Crippen LogP contribution in [0.15, 0.2) is 42.6 Å². The molecule has 1 saturated heterocycles. The summed E-state index contributed by atoms with van der Waals surface area (Å²) in [4.78, 5) is 31.4. The van der Waals surface area contributed by atoms with Crippen LogP contribution in [0.1, 0.15) is 94.0 Å². The average Bonchev–Trinajstić information content (AvgIpc) is 3.39. The molecule has 7 heteroatoms. The molecule has 1 amide bonds. The van der Waals surface area contributed by atoms with Gasteiger partial charge in [-0.3, -0.25) is 4.79 Å². The van der Waals surface area contributed by atoms with Gasteiger partial charge in [-0.2, -0.15) is 0 Å². The van der Waals surface area contributed by atoms with Crippen molar-refractivity contribution in [1.82, 2.24) is 10.3 Å². The minimum absolute atomic E-state index is 0.209. The zero-order valence-electron chi connectivity index (χ0n) is 23.3. The van der Waals surface area contributed by atoms with Gasteiger partial charge in [0.2, 0.25) is 0 Å². The summed E-state index contributed by atoms with van der Waals surface area (Å²) in [6, 6.07) is 12.4. The van der Waals surface area contributed by atoms with Gasteiger partial charge in [0, 0.05) is 38.2 Å². The van der Waals surface area contributed by atoms with Crippen molar-refractivity contribution in [2.24, 2.45) is 5.92 Å². The Bertz CT molecular complexity index is 1040. The number of hydrogen-bond donors (Lipinski definition) is 2. The van der Waals surface area contributed by atoms with Crippen molar-refractivity contribution in [3.05, 3.63) is 53.7 Å². The first-order valence-corrected chi connectivity index (χ1v) is 14.3. The Balaban J connectivity index is 1.14. The van der Waals surface area contributed by atoms with E-state index in [1.54, 1.807) is 0 Å². The van der Waals surface area contributed by atoms with E-state index >= 15 is 0 Å². The molecule has 2 aliphatic rings. The summed E-state index contributed by atoms with van der Waals surface area (Å²) in [5, 5.41) is 6.27. The molecule has 206 valence electrons. The third-order valence-electron chi connectivity index (χ3n) is 7.51. The number of nitrogens with one attached hydrogen (secondary N) is 2. The lowest BCUT2D eigenvalue weighted by atomic mass is 9.84. The first-order valence-electron chi connectivity index (χ1n) is 14.3. The number of alkyl carbamates (subject to hydrolysis) is 1. The molecule has 1 aliphatic carbocycles. The minimum atomic E-state index is -0.485. The van der Waals surface area contributed by atoms with E-state index in [1.807, 2.05) is 51.2 Å². The van der Waals surface area contributed by atoms with E-state index < -0.39 is 5.60 Å². The Morgan fingerprint density at radius 1 is 1.03 bits per heavy atom. The Morgan fingerprint density at radius 3 is 2.47 bits per heavy atom. The molecular formula is C31H44N4O3. The van der Waals surface area contributed by atoms with Crippen molar-refractivity contribution >= 4 is 23.4 Å². The molecular weight excluding hydrogens is 476 g/mol. The van der Waals surface area contributed by atoms with Crippen molar-refractivity contribution in [2.45, 2.75) is 83.7 Å². The van der Waals surface area contributed by atoms with Crippen LogP contribution in [0.3, 0.4) is 0 Å². The van der Waals surface area contributed by atoms with E-state index in [-0.39, 0.29) is 11.9 Å². The van der Waals surface area contributed by atoms with Gasteiger partial charge in [0.1, 0.15) is 11.4 Å². The summed E-state index contributed by atoms with van der Waals surface area (Å²) in [7, 11) is 0. The fraction of sp³-hybridized carbons (Fsp3) is 0.581. The van der Waals surface area contributed by atoms with Gasteiger partial charge in [-0.1, -0.05) is 43.5 Å². The van der Waals surface area contributed by atoms with E-state index in [1.165, 1.54) is 37.7 Å². The molecule has 1 saturated carbocycles. The van der Waals surface area contributed by atoms with Gasteiger partial charge in [0.15, 0.2) is 5.78 Å². The van der Waals surface area contributed by atoms with Crippen LogP contribution < -0.4 is 15.5 Å². The topological polar surface area (TPSA) is 83.6 Å². The van der Waals surface area contributed by atoms with Crippen molar-refractivity contribution < 1.29 is 14.3 Å². The molecule has 2 heterocycles. The second-order valence-electron chi connectivity index (χ2n) is 11.8. The van der Waals surface area contributed by atoms with Gasteiger partial charge >= 0.3 is 6.09 Å². The Morgan fingerprint density at radius 2 is 1.79 bits per heavy atom. The van der Waals surface area contributed by atoms with Crippen LogP contribution >= 0.6 is 0 Å². The standard InChI is InChI=1S/C31H44N4O3/c1-31(2,3)38-30(37)34-20-23-17-19-35(22-23)29-16-15-27(21-33-29)32-18-7-10-28(36)26-13-11-25(12-14-26)24-8-5-4-6-9-24/h11-16,21,23-24,32H,4-10,17-20,22H2,1-3H3,(H,34,37). The summed E-state index contributed by atoms with van der Waals surface area (Å²) in [6.07, 6.45) is 10.4. The second-order valence-corrected chi connectivity index (χ2v) is 11.8. The summed E-state index contributed by atoms with van der Waals surface area (Å²) in [5.74, 6) is 2.20. The molecule has 0 radical (unpaired) electrons. The van der Waals surface area contributed by atoms with E-state index in [2.05, 4.69) is 32.7 Å². The quantitative estimate of drug-likeness (QED) is 0.273. The number of pyridine rings is 1. The fourth-order valence-electron chi connectivity index (χ4n) is 5.43. The third-order valence-corrected chi connectivity index (χ3v) is 7.51. The molecule has 2 aromatic rings.